The maximum absolute atomic E-state index is 11.5. The molecule has 6 bridgehead atoms. The number of fused-ring (bicyclic) bond motifs is 6. The molecule has 258 valence electrons. The summed E-state index contributed by atoms with van der Waals surface area (Å²) in [5.74, 6) is 0.352. The van der Waals surface area contributed by atoms with Crippen LogP contribution in [0.15, 0.2) is 127 Å². The molecule has 0 saturated carbocycles. The highest BCUT2D eigenvalue weighted by atomic mass is 16.5. The van der Waals surface area contributed by atoms with Gasteiger partial charge < -0.3 is 29.5 Å². The highest BCUT2D eigenvalue weighted by Crippen LogP contribution is 2.33. The molecule has 6 heteroatoms. The van der Waals surface area contributed by atoms with E-state index in [4.69, 9.17) is 14.2 Å². The van der Waals surface area contributed by atoms with E-state index in [1.165, 1.54) is 0 Å². The van der Waals surface area contributed by atoms with Gasteiger partial charge in [-0.3, -0.25) is 0 Å². The smallest absolute Gasteiger partial charge is 0.126 e. The van der Waals surface area contributed by atoms with Gasteiger partial charge >= 0.3 is 0 Å². The van der Waals surface area contributed by atoms with Crippen LogP contribution in [0.4, 0.5) is 0 Å². The van der Waals surface area contributed by atoms with Crippen molar-refractivity contribution in [3.8, 4) is 17.2 Å². The van der Waals surface area contributed by atoms with Crippen LogP contribution >= 0.6 is 0 Å². The average Bonchev–Trinajstić information content (AvgIpc) is 3.14. The number of rotatable bonds is 6. The van der Waals surface area contributed by atoms with Crippen LogP contribution in [-0.4, -0.2) is 15.3 Å². The third-order valence-electron chi connectivity index (χ3n) is 9.28. The zero-order valence-electron chi connectivity index (χ0n) is 28.6. The van der Waals surface area contributed by atoms with Gasteiger partial charge in [0.25, 0.3) is 0 Å². The molecule has 6 nitrogen and oxygen atoms in total. The summed E-state index contributed by atoms with van der Waals surface area (Å²) < 4.78 is 18.6. The Kier molecular flexibility index (Phi) is 10.7. The van der Waals surface area contributed by atoms with Gasteiger partial charge in [0, 0.05) is 33.4 Å². The summed E-state index contributed by atoms with van der Waals surface area (Å²) >= 11 is 0. The van der Waals surface area contributed by atoms with Crippen molar-refractivity contribution in [2.45, 2.75) is 58.9 Å². The zero-order valence-corrected chi connectivity index (χ0v) is 28.6. The van der Waals surface area contributed by atoms with Gasteiger partial charge in [-0.05, 0) is 89.0 Å². The first-order chi connectivity index (χ1) is 25.0. The molecular formula is C45H42O6. The molecule has 0 amide bonds. The number of aromatic hydroxyl groups is 3. The average molecular weight is 679 g/mol. The van der Waals surface area contributed by atoms with Gasteiger partial charge in [0.05, 0.1) is 39.6 Å². The Hall–Kier alpha value is -5.40. The fourth-order valence-corrected chi connectivity index (χ4v) is 6.77. The van der Waals surface area contributed by atoms with Gasteiger partial charge in [0.1, 0.15) is 17.2 Å². The zero-order chi connectivity index (χ0) is 35.0. The lowest BCUT2D eigenvalue weighted by atomic mass is 9.98. The highest BCUT2D eigenvalue weighted by molar-refractivity contribution is 5.48. The van der Waals surface area contributed by atoms with Gasteiger partial charge in [-0.2, -0.15) is 0 Å². The number of hydrogen-bond donors (Lipinski definition) is 3. The fraction of sp³-hybridized carbons (Fsp3) is 0.200. The van der Waals surface area contributed by atoms with E-state index in [2.05, 4.69) is 36.4 Å². The summed E-state index contributed by atoms with van der Waals surface area (Å²) in [5.41, 5.74) is 10.4. The first-order valence-corrected chi connectivity index (χ1v) is 17.3. The number of hydrogen-bond acceptors (Lipinski definition) is 6. The minimum absolute atomic E-state index is 0.117. The molecule has 1 aliphatic rings. The van der Waals surface area contributed by atoms with Crippen LogP contribution in [-0.2, 0) is 73.1 Å². The number of ether oxygens (including phenoxy) is 3. The second kappa shape index (κ2) is 16.1. The minimum Gasteiger partial charge on any atom is -0.507 e. The Morgan fingerprint density at radius 1 is 0.314 bits per heavy atom. The molecule has 0 fully saturated rings. The molecule has 3 N–H and O–H groups in total. The lowest BCUT2D eigenvalue weighted by Crippen LogP contribution is -2.05. The molecule has 0 unspecified atom stereocenters. The number of phenolic OH excluding ortho intramolecular Hbond substituents is 3. The Bertz CT molecular complexity index is 1760. The van der Waals surface area contributed by atoms with E-state index in [1.807, 2.05) is 91.0 Å². The molecule has 0 atom stereocenters. The Morgan fingerprint density at radius 2 is 0.529 bits per heavy atom. The molecule has 0 saturated heterocycles. The summed E-state index contributed by atoms with van der Waals surface area (Å²) in [7, 11) is 0. The van der Waals surface area contributed by atoms with Crippen LogP contribution in [0.1, 0.15) is 66.8 Å². The second-order valence-corrected chi connectivity index (χ2v) is 13.3. The van der Waals surface area contributed by atoms with E-state index in [-0.39, 0.29) is 56.9 Å². The normalized spacial score (nSPS) is 13.6. The molecule has 1 aliphatic heterocycles. The standard InChI is InChI=1S/C45H42O6/c46-43-37-19-34(16-31-10-4-1-5-11-31)20-38(43)26-50-28-40-22-36(18-33-14-8-3-9-15-33)24-42(45(40)48)30-51-29-41-23-35(17-32-12-6-2-7-13-32)21-39(44(41)47)27-49-25-37/h1-15,19-24,46-48H,16-18,25-30H2. The molecule has 6 aromatic rings. The van der Waals surface area contributed by atoms with Crippen LogP contribution in [0, 0.1) is 0 Å². The van der Waals surface area contributed by atoms with Gasteiger partial charge in [0.2, 0.25) is 0 Å². The van der Waals surface area contributed by atoms with Crippen LogP contribution in [0.5, 0.6) is 17.2 Å². The third-order valence-corrected chi connectivity index (χ3v) is 9.28. The van der Waals surface area contributed by atoms with E-state index in [9.17, 15) is 15.3 Å². The van der Waals surface area contributed by atoms with Crippen molar-refractivity contribution in [2.24, 2.45) is 0 Å². The molecule has 6 aromatic carbocycles. The minimum atomic E-state index is 0.117. The largest absolute Gasteiger partial charge is 0.507 e. The predicted molar refractivity (Wildman–Crippen MR) is 198 cm³/mol. The van der Waals surface area contributed by atoms with Crippen molar-refractivity contribution >= 4 is 0 Å². The molecule has 0 spiro atoms. The summed E-state index contributed by atoms with van der Waals surface area (Å²) in [6.07, 6.45) is 2.04. The maximum Gasteiger partial charge on any atom is 0.126 e. The Balaban J connectivity index is 1.26. The first kappa shape index (κ1) is 34.1. The van der Waals surface area contributed by atoms with Crippen molar-refractivity contribution < 1.29 is 29.5 Å². The third kappa shape index (κ3) is 8.67. The molecule has 0 aliphatic carbocycles. The number of phenols is 3. The van der Waals surface area contributed by atoms with E-state index in [1.54, 1.807) is 0 Å². The van der Waals surface area contributed by atoms with Gasteiger partial charge in [-0.15, -0.1) is 0 Å². The van der Waals surface area contributed by atoms with Crippen molar-refractivity contribution in [1.29, 1.82) is 0 Å². The molecule has 0 radical (unpaired) electrons. The van der Waals surface area contributed by atoms with Gasteiger partial charge in [-0.1, -0.05) is 91.0 Å². The lowest BCUT2D eigenvalue weighted by molar-refractivity contribution is 0.0930. The molecule has 51 heavy (non-hydrogen) atoms. The fourth-order valence-electron chi connectivity index (χ4n) is 6.77. The number of benzene rings is 6. The molecule has 0 aromatic heterocycles. The van der Waals surface area contributed by atoms with E-state index in [0.29, 0.717) is 52.6 Å². The van der Waals surface area contributed by atoms with E-state index >= 15 is 0 Å². The molecule has 7 rings (SSSR count). The summed E-state index contributed by atoms with van der Waals surface area (Å²) in [4.78, 5) is 0. The first-order valence-electron chi connectivity index (χ1n) is 17.3. The topological polar surface area (TPSA) is 88.4 Å². The molecule has 1 heterocycles. The van der Waals surface area contributed by atoms with Crippen LogP contribution in [0.3, 0.4) is 0 Å². The van der Waals surface area contributed by atoms with E-state index < -0.39 is 0 Å². The van der Waals surface area contributed by atoms with Gasteiger partial charge in [-0.25, -0.2) is 0 Å². The van der Waals surface area contributed by atoms with Crippen LogP contribution in [0.25, 0.3) is 0 Å². The predicted octanol–water partition coefficient (Wildman–Crippen LogP) is 9.04. The Morgan fingerprint density at radius 3 is 0.745 bits per heavy atom. The van der Waals surface area contributed by atoms with Crippen LogP contribution < -0.4 is 0 Å². The van der Waals surface area contributed by atoms with Crippen molar-refractivity contribution in [1.82, 2.24) is 0 Å². The monoisotopic (exact) mass is 678 g/mol. The maximum atomic E-state index is 11.5. The van der Waals surface area contributed by atoms with Gasteiger partial charge in [0.15, 0.2) is 0 Å². The quantitative estimate of drug-likeness (QED) is 0.163. The summed E-state index contributed by atoms with van der Waals surface area (Å²) in [6.45, 7) is 0.841. The summed E-state index contributed by atoms with van der Waals surface area (Å²) in [6, 6.07) is 42.4. The van der Waals surface area contributed by atoms with E-state index in [0.717, 1.165) is 33.4 Å². The molecular weight excluding hydrogens is 636 g/mol. The second-order valence-electron chi connectivity index (χ2n) is 13.3. The van der Waals surface area contributed by atoms with Crippen molar-refractivity contribution in [2.75, 3.05) is 0 Å². The summed E-state index contributed by atoms with van der Waals surface area (Å²) in [5, 5.41) is 34.4. The van der Waals surface area contributed by atoms with Crippen molar-refractivity contribution in [3.63, 3.8) is 0 Å². The lowest BCUT2D eigenvalue weighted by Gasteiger charge is -2.18. The highest BCUT2D eigenvalue weighted by Gasteiger charge is 2.17. The SMILES string of the molecule is Oc1c2cc(Cc3ccccc3)cc1COCc1cc(Cc3ccccc3)cc(c1O)COCc1cc(Cc3ccccc3)cc(c1O)COC2. The van der Waals surface area contributed by atoms with Crippen LogP contribution in [0.2, 0.25) is 0 Å². The van der Waals surface area contributed by atoms with Crippen molar-refractivity contribution in [3.05, 3.63) is 194 Å². The Labute approximate surface area is 299 Å².